The Bertz CT molecular complexity index is 625. The van der Waals surface area contributed by atoms with E-state index in [-0.39, 0.29) is 5.56 Å². The lowest BCUT2D eigenvalue weighted by Gasteiger charge is -2.32. The molecule has 0 bridgehead atoms. The molecule has 2 rings (SSSR count). The molecule has 1 aromatic rings. The molecule has 126 valence electrons. The second-order valence-corrected chi connectivity index (χ2v) is 6.76. The average molecular weight is 351 g/mol. The van der Waals surface area contributed by atoms with E-state index in [4.69, 9.17) is 20.9 Å². The Labute approximate surface area is 137 Å². The molecule has 1 saturated heterocycles. The predicted molar refractivity (Wildman–Crippen MR) is 81.6 cm³/mol. The average Bonchev–Trinajstić information content (AvgIpc) is 2.59. The third kappa shape index (κ3) is 3.73. The summed E-state index contributed by atoms with van der Waals surface area (Å²) < 4.78 is 63.8. The molecular weight excluding hydrogens is 334 g/mol. The fraction of sp³-hybridized carbons (Fsp3) is 0.467. The van der Waals surface area contributed by atoms with Crippen molar-refractivity contribution in [3.8, 4) is 0 Å². The van der Waals surface area contributed by atoms with E-state index in [1.54, 1.807) is 27.7 Å². The first kappa shape index (κ1) is 18.3. The van der Waals surface area contributed by atoms with E-state index in [0.717, 1.165) is 18.2 Å². The first-order valence-corrected chi connectivity index (χ1v) is 7.31. The minimum Gasteiger partial charge on any atom is -0.398 e. The maximum absolute atomic E-state index is 14.3. The van der Waals surface area contributed by atoms with Crippen LogP contribution in [-0.4, -0.2) is 18.3 Å². The lowest BCUT2D eigenvalue weighted by molar-refractivity contribution is -0.137. The number of halogens is 5. The summed E-state index contributed by atoms with van der Waals surface area (Å²) in [6.07, 6.45) is -3.66. The lowest BCUT2D eigenvalue weighted by atomic mass is 9.86. The first-order valence-electron chi connectivity index (χ1n) is 6.93. The van der Waals surface area contributed by atoms with Gasteiger partial charge in [0.1, 0.15) is 5.73 Å². The smallest absolute Gasteiger partial charge is 0.398 e. The molecule has 0 N–H and O–H groups in total. The number of alkyl halides is 3. The largest absolute Gasteiger partial charge is 0.525 e. The van der Waals surface area contributed by atoms with E-state index in [1.807, 2.05) is 0 Å². The van der Waals surface area contributed by atoms with Gasteiger partial charge in [-0.15, -0.1) is 0 Å². The maximum atomic E-state index is 14.3. The van der Waals surface area contributed by atoms with E-state index in [0.29, 0.717) is 0 Å². The van der Waals surface area contributed by atoms with Crippen LogP contribution in [0, 0.1) is 0 Å². The Kier molecular flexibility index (Phi) is 4.61. The molecule has 1 aliphatic rings. The van der Waals surface area contributed by atoms with Gasteiger partial charge in [0.25, 0.3) is 0 Å². The Morgan fingerprint density at radius 2 is 1.65 bits per heavy atom. The molecule has 0 aromatic heterocycles. The molecule has 1 heterocycles. The van der Waals surface area contributed by atoms with Crippen LogP contribution in [-0.2, 0) is 15.5 Å². The minimum absolute atomic E-state index is 0.0222. The zero-order valence-corrected chi connectivity index (χ0v) is 13.8. The molecule has 0 spiro atoms. The molecule has 23 heavy (non-hydrogen) atoms. The van der Waals surface area contributed by atoms with Crippen LogP contribution in [0.5, 0.6) is 0 Å². The normalized spacial score (nSPS) is 20.9. The van der Waals surface area contributed by atoms with Crippen LogP contribution in [0.2, 0.25) is 5.02 Å². The minimum atomic E-state index is -4.61. The van der Waals surface area contributed by atoms with Gasteiger partial charge in [0.05, 0.1) is 21.8 Å². The third-order valence-electron chi connectivity index (χ3n) is 4.08. The van der Waals surface area contributed by atoms with Crippen LogP contribution >= 0.6 is 11.6 Å². The van der Waals surface area contributed by atoms with E-state index < -0.39 is 40.8 Å². The SMILES string of the molecule is CC1(C)OB(C(F)=Cc2ccc(Cl)c(C(F)(F)F)c2)OC1(C)C. The van der Waals surface area contributed by atoms with Crippen molar-refractivity contribution in [2.45, 2.75) is 45.1 Å². The second kappa shape index (κ2) is 5.79. The molecule has 0 unspecified atom stereocenters. The lowest BCUT2D eigenvalue weighted by Crippen LogP contribution is -2.41. The van der Waals surface area contributed by atoms with Gasteiger partial charge < -0.3 is 9.31 Å². The summed E-state index contributed by atoms with van der Waals surface area (Å²) >= 11 is 5.54. The Morgan fingerprint density at radius 3 is 2.13 bits per heavy atom. The highest BCUT2D eigenvalue weighted by molar-refractivity contribution is 6.54. The Morgan fingerprint density at radius 1 is 1.13 bits per heavy atom. The van der Waals surface area contributed by atoms with Crippen molar-refractivity contribution < 1.29 is 26.9 Å². The molecule has 1 aromatic carbocycles. The van der Waals surface area contributed by atoms with Gasteiger partial charge in [0.15, 0.2) is 0 Å². The van der Waals surface area contributed by atoms with Crippen LogP contribution < -0.4 is 0 Å². The molecule has 0 aliphatic carbocycles. The van der Waals surface area contributed by atoms with Crippen molar-refractivity contribution in [3.63, 3.8) is 0 Å². The van der Waals surface area contributed by atoms with E-state index >= 15 is 0 Å². The van der Waals surface area contributed by atoms with E-state index in [2.05, 4.69) is 0 Å². The van der Waals surface area contributed by atoms with Crippen molar-refractivity contribution in [1.29, 1.82) is 0 Å². The fourth-order valence-corrected chi connectivity index (χ4v) is 2.26. The maximum Gasteiger partial charge on any atom is 0.525 e. The summed E-state index contributed by atoms with van der Waals surface area (Å²) in [6, 6.07) is 3.16. The molecule has 0 amide bonds. The van der Waals surface area contributed by atoms with Crippen LogP contribution in [0.25, 0.3) is 6.08 Å². The van der Waals surface area contributed by atoms with Crippen LogP contribution in [0.1, 0.15) is 38.8 Å². The van der Waals surface area contributed by atoms with Gasteiger partial charge in [-0.3, -0.25) is 0 Å². The quantitative estimate of drug-likeness (QED) is 0.532. The molecule has 1 aliphatic heterocycles. The zero-order valence-electron chi connectivity index (χ0n) is 13.1. The van der Waals surface area contributed by atoms with Gasteiger partial charge >= 0.3 is 13.3 Å². The molecule has 0 radical (unpaired) electrons. The van der Waals surface area contributed by atoms with Crippen LogP contribution in [0.3, 0.4) is 0 Å². The van der Waals surface area contributed by atoms with Crippen molar-refractivity contribution in [2.75, 3.05) is 0 Å². The Balaban J connectivity index is 2.30. The third-order valence-corrected chi connectivity index (χ3v) is 4.41. The van der Waals surface area contributed by atoms with Crippen molar-refractivity contribution >= 4 is 24.8 Å². The Hall–Kier alpha value is -1.05. The highest BCUT2D eigenvalue weighted by Gasteiger charge is 2.53. The van der Waals surface area contributed by atoms with Gasteiger partial charge in [-0.1, -0.05) is 17.7 Å². The summed E-state index contributed by atoms with van der Waals surface area (Å²) in [6.45, 7) is 7.02. The topological polar surface area (TPSA) is 18.5 Å². The zero-order chi connectivity index (χ0) is 17.6. The van der Waals surface area contributed by atoms with Gasteiger partial charge in [-0.25, -0.2) is 4.39 Å². The highest BCUT2D eigenvalue weighted by Crippen LogP contribution is 2.39. The van der Waals surface area contributed by atoms with Crippen LogP contribution in [0.4, 0.5) is 17.6 Å². The van der Waals surface area contributed by atoms with Crippen molar-refractivity contribution in [1.82, 2.24) is 0 Å². The number of benzene rings is 1. The van der Waals surface area contributed by atoms with Gasteiger partial charge in [-0.2, -0.15) is 13.2 Å². The molecule has 8 heteroatoms. The van der Waals surface area contributed by atoms with Gasteiger partial charge in [0, 0.05) is 0 Å². The number of rotatable bonds is 2. The standard InChI is InChI=1S/C15H16BClF4O2/c1-13(2)14(3,4)23-16(22-13)12(18)8-9-5-6-11(17)10(7-9)15(19,20)21/h5-8H,1-4H3. The van der Waals surface area contributed by atoms with Gasteiger partial charge in [-0.05, 0) is 51.5 Å². The van der Waals surface area contributed by atoms with E-state index in [9.17, 15) is 17.6 Å². The summed E-state index contributed by atoms with van der Waals surface area (Å²) in [5, 5.41) is -0.439. The molecule has 0 atom stereocenters. The second-order valence-electron chi connectivity index (χ2n) is 6.35. The van der Waals surface area contributed by atoms with Crippen molar-refractivity contribution in [2.24, 2.45) is 0 Å². The summed E-state index contributed by atoms with van der Waals surface area (Å²) in [4.78, 5) is 0. The molecular formula is C15H16BClF4O2. The van der Waals surface area contributed by atoms with Crippen molar-refractivity contribution in [3.05, 3.63) is 40.1 Å². The molecule has 1 fully saturated rings. The molecule has 2 nitrogen and oxygen atoms in total. The summed E-state index contributed by atoms with van der Waals surface area (Å²) in [5.74, 6) is 0. The monoisotopic (exact) mass is 350 g/mol. The number of hydrogen-bond donors (Lipinski definition) is 0. The summed E-state index contributed by atoms with van der Waals surface area (Å²) in [7, 11) is -1.26. The van der Waals surface area contributed by atoms with E-state index in [1.165, 1.54) is 6.07 Å². The van der Waals surface area contributed by atoms with Gasteiger partial charge in [0.2, 0.25) is 0 Å². The highest BCUT2D eigenvalue weighted by atomic mass is 35.5. The fourth-order valence-electron chi connectivity index (χ4n) is 2.03. The summed E-state index contributed by atoms with van der Waals surface area (Å²) in [5.41, 5.74) is -3.28. The number of hydrogen-bond acceptors (Lipinski definition) is 2. The first-order chi connectivity index (χ1) is 10.3. The molecule has 0 saturated carbocycles. The predicted octanol–water partition coefficient (Wildman–Crippen LogP) is 5.30. The van der Waals surface area contributed by atoms with Crippen LogP contribution in [0.15, 0.2) is 23.9 Å².